The lowest BCUT2D eigenvalue weighted by atomic mass is 9.95. The Morgan fingerprint density at radius 2 is 1.89 bits per heavy atom. The average molecular weight is 501 g/mol. The molecule has 8 heteroatoms. The van der Waals surface area contributed by atoms with Crippen molar-refractivity contribution in [3.8, 4) is 0 Å². The first-order valence-corrected chi connectivity index (χ1v) is 13.1. The number of carbonyl (C=O) groups excluding carboxylic acids is 3. The number of ether oxygens (including phenoxy) is 2. The van der Waals surface area contributed by atoms with Crippen LogP contribution in [0.25, 0.3) is 0 Å². The van der Waals surface area contributed by atoms with Gasteiger partial charge in [0.2, 0.25) is 11.8 Å². The Labute approximate surface area is 213 Å². The second kappa shape index (κ2) is 14.8. The van der Waals surface area contributed by atoms with Crippen LogP contribution in [0.5, 0.6) is 0 Å². The minimum absolute atomic E-state index is 0.0156. The summed E-state index contributed by atoms with van der Waals surface area (Å²) in [5.74, 6) is -1.38. The maximum Gasteiger partial charge on any atom is 0.305 e. The molecule has 1 aromatic rings. The Kier molecular flexibility index (Phi) is 11.4. The number of rotatable bonds is 8. The van der Waals surface area contributed by atoms with Crippen molar-refractivity contribution >= 4 is 17.8 Å². The normalized spacial score (nSPS) is 23.4. The fourth-order valence-electron chi connectivity index (χ4n) is 4.75. The fourth-order valence-corrected chi connectivity index (χ4v) is 4.75. The molecule has 0 aromatic heterocycles. The minimum Gasteiger partial charge on any atom is -0.463 e. The number of nitrogens with one attached hydrogen (secondary N) is 2. The van der Waals surface area contributed by atoms with Gasteiger partial charge in [0.25, 0.3) is 0 Å². The van der Waals surface area contributed by atoms with Crippen molar-refractivity contribution in [2.24, 2.45) is 5.92 Å². The molecule has 2 atom stereocenters. The number of benzene rings is 1. The first-order valence-electron chi connectivity index (χ1n) is 13.1. The molecule has 1 aliphatic heterocycles. The Morgan fingerprint density at radius 1 is 1.11 bits per heavy atom. The number of cyclic esters (lactones) is 1. The van der Waals surface area contributed by atoms with E-state index in [0.717, 1.165) is 50.5 Å². The summed E-state index contributed by atoms with van der Waals surface area (Å²) < 4.78 is 11.2. The van der Waals surface area contributed by atoms with Gasteiger partial charge in [-0.25, -0.2) is 0 Å². The van der Waals surface area contributed by atoms with E-state index in [0.29, 0.717) is 19.4 Å². The summed E-state index contributed by atoms with van der Waals surface area (Å²) in [6.07, 6.45) is 10.6. The summed E-state index contributed by atoms with van der Waals surface area (Å²) in [6, 6.07) is 9.17. The summed E-state index contributed by atoms with van der Waals surface area (Å²) in [7, 11) is 0. The minimum atomic E-state index is -0.576. The smallest absolute Gasteiger partial charge is 0.305 e. The van der Waals surface area contributed by atoms with Gasteiger partial charge < -0.3 is 25.2 Å². The quantitative estimate of drug-likeness (QED) is 0.373. The monoisotopic (exact) mass is 500 g/mol. The van der Waals surface area contributed by atoms with Gasteiger partial charge in [-0.3, -0.25) is 14.4 Å². The van der Waals surface area contributed by atoms with Gasteiger partial charge in [0, 0.05) is 12.8 Å². The molecule has 0 radical (unpaired) electrons. The molecule has 3 N–H and O–H groups in total. The van der Waals surface area contributed by atoms with Crippen molar-refractivity contribution in [1.29, 1.82) is 0 Å². The summed E-state index contributed by atoms with van der Waals surface area (Å²) in [5.41, 5.74) is 0.429. The van der Waals surface area contributed by atoms with Crippen molar-refractivity contribution < 1.29 is 29.0 Å². The molecule has 1 fully saturated rings. The number of esters is 1. The lowest BCUT2D eigenvalue weighted by Crippen LogP contribution is -2.50. The molecule has 0 saturated heterocycles. The maximum absolute atomic E-state index is 13.3. The van der Waals surface area contributed by atoms with Crippen LogP contribution in [0.1, 0.15) is 69.8 Å². The molecule has 3 rings (SSSR count). The van der Waals surface area contributed by atoms with E-state index < -0.39 is 17.5 Å². The van der Waals surface area contributed by atoms with Gasteiger partial charge in [0.1, 0.15) is 6.61 Å². The summed E-state index contributed by atoms with van der Waals surface area (Å²) in [5, 5.41) is 15.8. The van der Waals surface area contributed by atoms with Gasteiger partial charge in [-0.05, 0) is 44.1 Å². The van der Waals surface area contributed by atoms with Crippen LogP contribution in [-0.2, 0) is 30.5 Å². The molecule has 36 heavy (non-hydrogen) atoms. The summed E-state index contributed by atoms with van der Waals surface area (Å²) >= 11 is 0. The highest BCUT2D eigenvalue weighted by molar-refractivity contribution is 5.86. The molecule has 0 bridgehead atoms. The first kappa shape index (κ1) is 27.9. The predicted molar refractivity (Wildman–Crippen MR) is 136 cm³/mol. The Bertz CT molecular complexity index is 866. The van der Waals surface area contributed by atoms with E-state index in [4.69, 9.17) is 9.47 Å². The molecule has 1 aliphatic carbocycles. The van der Waals surface area contributed by atoms with Crippen LogP contribution in [-0.4, -0.2) is 54.3 Å². The Morgan fingerprint density at radius 3 is 2.64 bits per heavy atom. The van der Waals surface area contributed by atoms with Crippen LogP contribution in [0.15, 0.2) is 42.5 Å². The maximum atomic E-state index is 13.3. The second-order valence-corrected chi connectivity index (χ2v) is 9.94. The van der Waals surface area contributed by atoms with Gasteiger partial charge in [0.15, 0.2) is 0 Å². The standard InChI is InChI=1S/C28H40N2O6/c31-21-28(15-9-10-16-28)30-25(32)17-23-13-7-2-1-3-8-14-26(33)36-20-24(29-27(23)34)19-35-18-22-11-5-4-6-12-22/h2,4-7,11-12,23-24,31H,1,3,8-10,13-21H2,(H,29,34)(H,30,32). The number of allylic oxidation sites excluding steroid dienone is 2. The van der Waals surface area contributed by atoms with Crippen molar-refractivity contribution in [3.05, 3.63) is 48.0 Å². The number of amides is 2. The molecule has 8 nitrogen and oxygen atoms in total. The number of aliphatic hydroxyl groups is 1. The highest BCUT2D eigenvalue weighted by Gasteiger charge is 2.35. The van der Waals surface area contributed by atoms with Gasteiger partial charge in [0.05, 0.1) is 37.3 Å². The van der Waals surface area contributed by atoms with E-state index in [2.05, 4.69) is 10.6 Å². The highest BCUT2D eigenvalue weighted by Crippen LogP contribution is 2.29. The van der Waals surface area contributed by atoms with E-state index in [-0.39, 0.29) is 44.0 Å². The fraction of sp³-hybridized carbons (Fsp3) is 0.607. The van der Waals surface area contributed by atoms with Crippen molar-refractivity contribution in [2.75, 3.05) is 19.8 Å². The topological polar surface area (TPSA) is 114 Å². The number of carbonyl (C=O) groups is 3. The van der Waals surface area contributed by atoms with Crippen molar-refractivity contribution in [2.45, 2.75) is 82.4 Å². The van der Waals surface area contributed by atoms with Gasteiger partial charge in [-0.1, -0.05) is 55.3 Å². The molecule has 1 saturated carbocycles. The average Bonchev–Trinajstić information content (AvgIpc) is 3.34. The van der Waals surface area contributed by atoms with E-state index >= 15 is 0 Å². The number of hydrogen-bond donors (Lipinski definition) is 3. The third kappa shape index (κ3) is 9.39. The van der Waals surface area contributed by atoms with Gasteiger partial charge >= 0.3 is 5.97 Å². The van der Waals surface area contributed by atoms with Crippen LogP contribution < -0.4 is 10.6 Å². The molecule has 2 aliphatic rings. The zero-order chi connectivity index (χ0) is 25.6. The predicted octanol–water partition coefficient (Wildman–Crippen LogP) is 3.18. The molecular formula is C28H40N2O6. The molecule has 2 unspecified atom stereocenters. The summed E-state index contributed by atoms with van der Waals surface area (Å²) in [6.45, 7) is 0.471. The molecular weight excluding hydrogens is 460 g/mol. The van der Waals surface area contributed by atoms with Gasteiger partial charge in [-0.15, -0.1) is 0 Å². The molecule has 1 heterocycles. The Balaban J connectivity index is 1.64. The van der Waals surface area contributed by atoms with Crippen LogP contribution >= 0.6 is 0 Å². The molecule has 0 spiro atoms. The van der Waals surface area contributed by atoms with Crippen molar-refractivity contribution in [3.63, 3.8) is 0 Å². The lowest BCUT2D eigenvalue weighted by molar-refractivity contribution is -0.146. The zero-order valence-corrected chi connectivity index (χ0v) is 21.1. The van der Waals surface area contributed by atoms with E-state index in [1.165, 1.54) is 0 Å². The van der Waals surface area contributed by atoms with Crippen LogP contribution in [0.4, 0.5) is 0 Å². The second-order valence-electron chi connectivity index (χ2n) is 9.94. The third-order valence-corrected chi connectivity index (χ3v) is 6.88. The van der Waals surface area contributed by atoms with Crippen LogP contribution in [0, 0.1) is 5.92 Å². The number of aliphatic hydroxyl groups excluding tert-OH is 1. The lowest BCUT2D eigenvalue weighted by Gasteiger charge is -2.29. The van der Waals surface area contributed by atoms with Crippen LogP contribution in [0.2, 0.25) is 0 Å². The summed E-state index contributed by atoms with van der Waals surface area (Å²) in [4.78, 5) is 38.3. The van der Waals surface area contributed by atoms with E-state index in [1.807, 2.05) is 42.5 Å². The van der Waals surface area contributed by atoms with Gasteiger partial charge in [-0.2, -0.15) is 0 Å². The Hall–Kier alpha value is -2.71. The SMILES string of the molecule is O=C(CC1CC=CCCCCC(=O)OCC(COCc2ccccc2)NC1=O)NC1(CO)CCCC1. The highest BCUT2D eigenvalue weighted by atomic mass is 16.5. The first-order chi connectivity index (χ1) is 17.5. The third-order valence-electron chi connectivity index (χ3n) is 6.88. The molecule has 2 amide bonds. The molecule has 1 aromatic carbocycles. The molecule has 198 valence electrons. The number of hydrogen-bond acceptors (Lipinski definition) is 6. The van der Waals surface area contributed by atoms with E-state index in [9.17, 15) is 19.5 Å². The zero-order valence-electron chi connectivity index (χ0n) is 21.1. The largest absolute Gasteiger partial charge is 0.463 e. The van der Waals surface area contributed by atoms with Crippen LogP contribution in [0.3, 0.4) is 0 Å². The van der Waals surface area contributed by atoms with E-state index in [1.54, 1.807) is 0 Å². The van der Waals surface area contributed by atoms with Crippen molar-refractivity contribution in [1.82, 2.24) is 10.6 Å².